The normalized spacial score (nSPS) is 14.9. The van der Waals surface area contributed by atoms with Crippen LogP contribution in [0.4, 0.5) is 5.69 Å². The number of benzene rings is 2. The number of hydrogen-bond acceptors (Lipinski definition) is 3. The molecule has 0 saturated carbocycles. The van der Waals surface area contributed by atoms with E-state index >= 15 is 0 Å². The summed E-state index contributed by atoms with van der Waals surface area (Å²) in [6, 6.07) is 8.34. The van der Waals surface area contributed by atoms with Crippen LogP contribution >= 0.6 is 23.2 Å². The summed E-state index contributed by atoms with van der Waals surface area (Å²) >= 11 is 12.0. The molecule has 0 spiro atoms. The van der Waals surface area contributed by atoms with Gasteiger partial charge in [0.15, 0.2) is 11.5 Å². The van der Waals surface area contributed by atoms with Crippen LogP contribution in [0.25, 0.3) is 11.6 Å². The van der Waals surface area contributed by atoms with Gasteiger partial charge in [0, 0.05) is 21.8 Å². The van der Waals surface area contributed by atoms with Crippen LogP contribution in [-0.2, 0) is 4.79 Å². The molecule has 112 valence electrons. The maximum absolute atomic E-state index is 12.1. The van der Waals surface area contributed by atoms with E-state index in [0.29, 0.717) is 21.8 Å². The summed E-state index contributed by atoms with van der Waals surface area (Å²) in [6.45, 7) is 0. The first-order valence-electron chi connectivity index (χ1n) is 6.39. The molecule has 2 aromatic carbocycles. The van der Waals surface area contributed by atoms with Crippen LogP contribution in [0, 0.1) is 0 Å². The molecular weight excluding hydrogens is 325 g/mol. The van der Waals surface area contributed by atoms with Crippen LogP contribution in [0.5, 0.6) is 11.5 Å². The van der Waals surface area contributed by atoms with Crippen molar-refractivity contribution < 1.29 is 14.6 Å². The Hall–Kier alpha value is -2.17. The number of ether oxygens (including phenoxy) is 1. The summed E-state index contributed by atoms with van der Waals surface area (Å²) < 4.78 is 5.06. The highest BCUT2D eigenvalue weighted by Gasteiger charge is 2.24. The molecule has 1 aliphatic heterocycles. The summed E-state index contributed by atoms with van der Waals surface area (Å²) in [6.07, 6.45) is 1.67. The molecule has 1 amide bonds. The summed E-state index contributed by atoms with van der Waals surface area (Å²) in [5, 5.41) is 13.2. The quantitative estimate of drug-likeness (QED) is 0.808. The van der Waals surface area contributed by atoms with Crippen molar-refractivity contribution >= 4 is 46.4 Å². The number of anilines is 1. The van der Waals surface area contributed by atoms with Gasteiger partial charge in [0.1, 0.15) is 0 Å². The minimum absolute atomic E-state index is 0.134. The molecule has 4 nitrogen and oxygen atoms in total. The zero-order valence-electron chi connectivity index (χ0n) is 11.5. The second-order valence-electron chi connectivity index (χ2n) is 4.76. The van der Waals surface area contributed by atoms with Crippen LogP contribution in [0.2, 0.25) is 10.0 Å². The Bertz CT molecular complexity index is 815. The first kappa shape index (κ1) is 14.8. The van der Waals surface area contributed by atoms with E-state index in [1.807, 2.05) is 0 Å². The van der Waals surface area contributed by atoms with Crippen LogP contribution in [0.3, 0.4) is 0 Å². The molecule has 1 aliphatic rings. The molecule has 1 heterocycles. The molecule has 0 aromatic heterocycles. The maximum atomic E-state index is 12.1. The number of carbonyl (C=O) groups is 1. The monoisotopic (exact) mass is 335 g/mol. The van der Waals surface area contributed by atoms with Crippen LogP contribution in [0.1, 0.15) is 11.1 Å². The Morgan fingerprint density at radius 3 is 2.73 bits per heavy atom. The standard InChI is InChI=1S/C16H11Cl2NO3/c1-22-14-6-8(5-12(18)15(14)20)4-11-10-7-9(17)2-3-13(10)19-16(11)21/h2-7,20H,1H3,(H,19,21). The van der Waals surface area contributed by atoms with Gasteiger partial charge >= 0.3 is 0 Å². The lowest BCUT2D eigenvalue weighted by Gasteiger charge is -2.07. The molecule has 0 atom stereocenters. The lowest BCUT2D eigenvalue weighted by Crippen LogP contribution is -2.03. The molecule has 22 heavy (non-hydrogen) atoms. The SMILES string of the molecule is COc1cc(C=C2C(=O)Nc3ccc(Cl)cc32)cc(Cl)c1O. The molecule has 0 bridgehead atoms. The fourth-order valence-electron chi connectivity index (χ4n) is 2.30. The van der Waals surface area contributed by atoms with Crippen molar-refractivity contribution in [2.75, 3.05) is 12.4 Å². The average Bonchev–Trinajstić information content (AvgIpc) is 2.78. The fraction of sp³-hybridized carbons (Fsp3) is 0.0625. The largest absolute Gasteiger partial charge is 0.503 e. The molecule has 0 radical (unpaired) electrons. The second kappa shape index (κ2) is 5.55. The first-order valence-corrected chi connectivity index (χ1v) is 7.14. The van der Waals surface area contributed by atoms with Gasteiger partial charge in [-0.05, 0) is 42.0 Å². The Labute approximate surface area is 136 Å². The number of hydrogen-bond donors (Lipinski definition) is 2. The molecule has 2 N–H and O–H groups in total. The third-order valence-corrected chi connectivity index (χ3v) is 3.87. The summed E-state index contributed by atoms with van der Waals surface area (Å²) in [7, 11) is 1.43. The topological polar surface area (TPSA) is 58.6 Å². The lowest BCUT2D eigenvalue weighted by atomic mass is 10.0. The Morgan fingerprint density at radius 1 is 1.23 bits per heavy atom. The van der Waals surface area contributed by atoms with Gasteiger partial charge in [0.05, 0.1) is 12.1 Å². The number of aromatic hydroxyl groups is 1. The van der Waals surface area contributed by atoms with Crippen molar-refractivity contribution in [3.05, 3.63) is 51.5 Å². The Balaban J connectivity index is 2.12. The highest BCUT2D eigenvalue weighted by molar-refractivity contribution is 6.37. The van der Waals surface area contributed by atoms with Crippen LogP contribution in [-0.4, -0.2) is 18.1 Å². The number of phenolic OH excluding ortho intramolecular Hbond substituents is 1. The van der Waals surface area contributed by atoms with Crippen molar-refractivity contribution in [3.63, 3.8) is 0 Å². The third-order valence-electron chi connectivity index (χ3n) is 3.35. The van der Waals surface area contributed by atoms with Crippen LogP contribution in [0.15, 0.2) is 30.3 Å². The van der Waals surface area contributed by atoms with Crippen molar-refractivity contribution in [2.24, 2.45) is 0 Å². The fourth-order valence-corrected chi connectivity index (χ4v) is 2.69. The van der Waals surface area contributed by atoms with Gasteiger partial charge in [-0.15, -0.1) is 0 Å². The molecule has 2 aromatic rings. The van der Waals surface area contributed by atoms with Gasteiger partial charge in [-0.2, -0.15) is 0 Å². The number of methoxy groups -OCH3 is 1. The average molecular weight is 336 g/mol. The minimum atomic E-state index is -0.222. The molecule has 6 heteroatoms. The molecule has 0 fully saturated rings. The van der Waals surface area contributed by atoms with Crippen LogP contribution < -0.4 is 10.1 Å². The molecular formula is C16H11Cl2NO3. The van der Waals surface area contributed by atoms with Crippen molar-refractivity contribution in [3.8, 4) is 11.5 Å². The van der Waals surface area contributed by atoms with E-state index in [-0.39, 0.29) is 22.4 Å². The number of fused-ring (bicyclic) bond motifs is 1. The zero-order valence-corrected chi connectivity index (χ0v) is 13.0. The molecule has 0 saturated heterocycles. The van der Waals surface area contributed by atoms with E-state index in [4.69, 9.17) is 27.9 Å². The van der Waals surface area contributed by atoms with Gasteiger partial charge in [0.25, 0.3) is 5.91 Å². The summed E-state index contributed by atoms with van der Waals surface area (Å²) in [5.74, 6) is -0.116. The summed E-state index contributed by atoms with van der Waals surface area (Å²) in [5.41, 5.74) is 2.54. The van der Waals surface area contributed by atoms with Gasteiger partial charge in [-0.1, -0.05) is 23.2 Å². The Kier molecular flexibility index (Phi) is 3.72. The molecule has 3 rings (SSSR count). The number of phenols is 1. The second-order valence-corrected chi connectivity index (χ2v) is 5.60. The van der Waals surface area contributed by atoms with Gasteiger partial charge < -0.3 is 15.2 Å². The number of carbonyl (C=O) groups excluding carboxylic acids is 1. The highest BCUT2D eigenvalue weighted by atomic mass is 35.5. The highest BCUT2D eigenvalue weighted by Crippen LogP contribution is 2.38. The van der Waals surface area contributed by atoms with Gasteiger partial charge in [-0.3, -0.25) is 4.79 Å². The first-order chi connectivity index (χ1) is 10.5. The number of nitrogens with one attached hydrogen (secondary N) is 1. The number of halogens is 2. The molecule has 0 unspecified atom stereocenters. The third kappa shape index (κ3) is 2.51. The zero-order chi connectivity index (χ0) is 15.9. The van der Waals surface area contributed by atoms with E-state index in [9.17, 15) is 9.90 Å². The smallest absolute Gasteiger partial charge is 0.256 e. The van der Waals surface area contributed by atoms with Crippen molar-refractivity contribution in [2.45, 2.75) is 0 Å². The van der Waals surface area contributed by atoms with Crippen molar-refractivity contribution in [1.29, 1.82) is 0 Å². The predicted molar refractivity (Wildman–Crippen MR) is 87.6 cm³/mol. The number of amides is 1. The maximum Gasteiger partial charge on any atom is 0.256 e. The predicted octanol–water partition coefficient (Wildman–Crippen LogP) is 4.20. The van der Waals surface area contributed by atoms with E-state index in [0.717, 1.165) is 5.56 Å². The Morgan fingerprint density at radius 2 is 2.00 bits per heavy atom. The summed E-state index contributed by atoms with van der Waals surface area (Å²) in [4.78, 5) is 12.1. The minimum Gasteiger partial charge on any atom is -0.503 e. The number of rotatable bonds is 2. The molecule has 0 aliphatic carbocycles. The van der Waals surface area contributed by atoms with Gasteiger partial charge in [-0.25, -0.2) is 0 Å². The van der Waals surface area contributed by atoms with E-state index in [1.165, 1.54) is 7.11 Å². The van der Waals surface area contributed by atoms with E-state index < -0.39 is 0 Å². The lowest BCUT2D eigenvalue weighted by molar-refractivity contribution is -0.110. The van der Waals surface area contributed by atoms with Crippen molar-refractivity contribution in [1.82, 2.24) is 0 Å². The van der Waals surface area contributed by atoms with E-state index in [2.05, 4.69) is 5.32 Å². The van der Waals surface area contributed by atoms with Gasteiger partial charge in [0.2, 0.25) is 0 Å². The van der Waals surface area contributed by atoms with E-state index in [1.54, 1.807) is 36.4 Å².